The molecule has 1 aromatic carbocycles. The topological polar surface area (TPSA) is 95.5 Å². The van der Waals surface area contributed by atoms with Crippen LogP contribution < -0.4 is 10.6 Å². The van der Waals surface area contributed by atoms with Crippen LogP contribution in [0.5, 0.6) is 0 Å². The number of nitrogens with one attached hydrogen (secondary N) is 2. The number of carbonyl (C=O) groups excluding carboxylic acids is 2. The van der Waals surface area contributed by atoms with Crippen molar-refractivity contribution in [2.75, 3.05) is 11.9 Å². The van der Waals surface area contributed by atoms with Crippen molar-refractivity contribution in [3.05, 3.63) is 28.8 Å². The Kier molecular flexibility index (Phi) is 3.71. The summed E-state index contributed by atoms with van der Waals surface area (Å²) >= 11 is 5.79. The maximum Gasteiger partial charge on any atom is 0.337 e. The first kappa shape index (κ1) is 13.4. The summed E-state index contributed by atoms with van der Waals surface area (Å²) < 4.78 is 0. The van der Waals surface area contributed by atoms with Gasteiger partial charge in [-0.2, -0.15) is 0 Å². The summed E-state index contributed by atoms with van der Waals surface area (Å²) in [4.78, 5) is 33.6. The molecule has 2 amide bonds. The molecular weight excluding hydrogens is 272 g/mol. The largest absolute Gasteiger partial charge is 0.478 e. The summed E-state index contributed by atoms with van der Waals surface area (Å²) in [5.41, 5.74) is 0.372. The molecule has 1 fully saturated rings. The van der Waals surface area contributed by atoms with Crippen molar-refractivity contribution in [1.82, 2.24) is 5.32 Å². The van der Waals surface area contributed by atoms with E-state index in [1.54, 1.807) is 0 Å². The molecule has 6 nitrogen and oxygen atoms in total. The average Bonchev–Trinajstić information content (AvgIpc) is 2.75. The third kappa shape index (κ3) is 3.03. The van der Waals surface area contributed by atoms with Gasteiger partial charge in [-0.1, -0.05) is 11.6 Å². The zero-order valence-electron chi connectivity index (χ0n) is 9.77. The Morgan fingerprint density at radius 3 is 2.68 bits per heavy atom. The van der Waals surface area contributed by atoms with Gasteiger partial charge in [-0.05, 0) is 18.2 Å². The monoisotopic (exact) mass is 282 g/mol. The Morgan fingerprint density at radius 1 is 1.42 bits per heavy atom. The Balaban J connectivity index is 2.07. The molecule has 0 saturated carbocycles. The van der Waals surface area contributed by atoms with Gasteiger partial charge in [0.25, 0.3) is 0 Å². The molecule has 2 rings (SSSR count). The molecule has 0 bridgehead atoms. The number of carboxylic acid groups (broad SMARTS) is 1. The molecule has 1 atom stereocenters. The molecule has 1 saturated heterocycles. The highest BCUT2D eigenvalue weighted by molar-refractivity contribution is 6.33. The maximum atomic E-state index is 11.8. The molecule has 1 heterocycles. The molecule has 1 aromatic rings. The fraction of sp³-hybridized carbons (Fsp3) is 0.250. The van der Waals surface area contributed by atoms with Gasteiger partial charge in [0.15, 0.2) is 0 Å². The second kappa shape index (κ2) is 5.27. The van der Waals surface area contributed by atoms with E-state index in [1.807, 2.05) is 0 Å². The van der Waals surface area contributed by atoms with Crippen LogP contribution in [0, 0.1) is 5.92 Å². The van der Waals surface area contributed by atoms with Gasteiger partial charge in [0.1, 0.15) is 0 Å². The Labute approximate surface area is 113 Å². The highest BCUT2D eigenvalue weighted by Crippen LogP contribution is 2.22. The molecule has 100 valence electrons. The van der Waals surface area contributed by atoms with Crippen molar-refractivity contribution in [2.24, 2.45) is 5.92 Å². The first-order valence-corrected chi connectivity index (χ1v) is 5.95. The van der Waals surface area contributed by atoms with Gasteiger partial charge in [0.05, 0.1) is 16.5 Å². The molecule has 0 radical (unpaired) electrons. The third-order valence-electron chi connectivity index (χ3n) is 2.82. The van der Waals surface area contributed by atoms with E-state index in [4.69, 9.17) is 16.7 Å². The number of carbonyl (C=O) groups is 3. The number of hydrogen-bond acceptors (Lipinski definition) is 3. The van der Waals surface area contributed by atoms with E-state index in [0.29, 0.717) is 12.2 Å². The van der Waals surface area contributed by atoms with Gasteiger partial charge in [0, 0.05) is 18.7 Å². The lowest BCUT2D eigenvalue weighted by Gasteiger charge is -2.10. The number of halogens is 1. The number of aromatic carboxylic acids is 1. The second-order valence-electron chi connectivity index (χ2n) is 4.19. The molecule has 1 unspecified atom stereocenters. The predicted molar refractivity (Wildman–Crippen MR) is 68.2 cm³/mol. The molecule has 0 aromatic heterocycles. The first-order valence-electron chi connectivity index (χ1n) is 5.58. The second-order valence-corrected chi connectivity index (χ2v) is 4.60. The number of carboxylic acids is 1. The van der Waals surface area contributed by atoms with Crippen LogP contribution in [0.25, 0.3) is 0 Å². The number of amides is 2. The van der Waals surface area contributed by atoms with Crippen LogP contribution in [0.3, 0.4) is 0 Å². The molecule has 19 heavy (non-hydrogen) atoms. The number of anilines is 1. The van der Waals surface area contributed by atoms with Crippen LogP contribution in [0.4, 0.5) is 5.69 Å². The van der Waals surface area contributed by atoms with Crippen molar-refractivity contribution in [3.8, 4) is 0 Å². The van der Waals surface area contributed by atoms with Gasteiger partial charge in [0.2, 0.25) is 11.8 Å². The number of rotatable bonds is 3. The van der Waals surface area contributed by atoms with E-state index in [9.17, 15) is 14.4 Å². The van der Waals surface area contributed by atoms with E-state index >= 15 is 0 Å². The van der Waals surface area contributed by atoms with E-state index in [-0.39, 0.29) is 28.8 Å². The molecule has 3 N–H and O–H groups in total. The summed E-state index contributed by atoms with van der Waals surface area (Å²) in [5.74, 6) is -1.99. The van der Waals surface area contributed by atoms with Crippen LogP contribution in [0.15, 0.2) is 18.2 Å². The number of hydrogen-bond donors (Lipinski definition) is 3. The van der Waals surface area contributed by atoms with Crippen molar-refractivity contribution in [1.29, 1.82) is 0 Å². The van der Waals surface area contributed by atoms with E-state index in [2.05, 4.69) is 10.6 Å². The minimum absolute atomic E-state index is 0.0302. The molecule has 1 aliphatic heterocycles. The Bertz CT molecular complexity index is 559. The van der Waals surface area contributed by atoms with Crippen molar-refractivity contribution < 1.29 is 19.5 Å². The van der Waals surface area contributed by atoms with Gasteiger partial charge < -0.3 is 15.7 Å². The van der Waals surface area contributed by atoms with E-state index in [0.717, 1.165) is 0 Å². The van der Waals surface area contributed by atoms with Crippen LogP contribution in [0.2, 0.25) is 5.02 Å². The molecule has 1 aliphatic rings. The molecule has 0 aliphatic carbocycles. The van der Waals surface area contributed by atoms with Crippen molar-refractivity contribution in [2.45, 2.75) is 6.42 Å². The maximum absolute atomic E-state index is 11.8. The summed E-state index contributed by atoms with van der Waals surface area (Å²) in [6, 6.07) is 4.14. The lowest BCUT2D eigenvalue weighted by molar-refractivity contribution is -0.123. The van der Waals surface area contributed by atoms with Gasteiger partial charge in [-0.3, -0.25) is 9.59 Å². The fourth-order valence-electron chi connectivity index (χ4n) is 1.80. The summed E-state index contributed by atoms with van der Waals surface area (Å²) in [6.45, 7) is 0.311. The van der Waals surface area contributed by atoms with E-state index in [1.165, 1.54) is 18.2 Å². The molecular formula is C12H11ClN2O4. The normalized spacial score (nSPS) is 17.9. The molecule has 7 heteroatoms. The van der Waals surface area contributed by atoms with Gasteiger partial charge in [-0.25, -0.2) is 4.79 Å². The fourth-order valence-corrected chi connectivity index (χ4v) is 2.06. The SMILES string of the molecule is O=C1CC(C(=O)Nc2ccc(C(=O)O)c(Cl)c2)CN1. The van der Waals surface area contributed by atoms with Crippen molar-refractivity contribution in [3.63, 3.8) is 0 Å². The minimum atomic E-state index is -1.13. The van der Waals surface area contributed by atoms with Crippen LogP contribution in [-0.2, 0) is 9.59 Å². The van der Waals surface area contributed by atoms with Crippen LogP contribution in [0.1, 0.15) is 16.8 Å². The minimum Gasteiger partial charge on any atom is -0.478 e. The van der Waals surface area contributed by atoms with Gasteiger partial charge >= 0.3 is 5.97 Å². The molecule has 0 spiro atoms. The Morgan fingerprint density at radius 2 is 2.16 bits per heavy atom. The summed E-state index contributed by atoms with van der Waals surface area (Å²) in [7, 11) is 0. The predicted octanol–water partition coefficient (Wildman–Crippen LogP) is 1.11. The average molecular weight is 283 g/mol. The zero-order valence-corrected chi connectivity index (χ0v) is 10.5. The number of benzene rings is 1. The standard InChI is InChI=1S/C12H11ClN2O4/c13-9-4-7(1-2-8(9)12(18)19)15-11(17)6-3-10(16)14-5-6/h1-2,4,6H,3,5H2,(H,14,16)(H,15,17)(H,18,19). The Hall–Kier alpha value is -2.08. The smallest absolute Gasteiger partial charge is 0.337 e. The van der Waals surface area contributed by atoms with Gasteiger partial charge in [-0.15, -0.1) is 0 Å². The highest BCUT2D eigenvalue weighted by atomic mass is 35.5. The lowest BCUT2D eigenvalue weighted by atomic mass is 10.1. The lowest BCUT2D eigenvalue weighted by Crippen LogP contribution is -2.24. The first-order chi connectivity index (χ1) is 8.97. The zero-order chi connectivity index (χ0) is 14.0. The van der Waals surface area contributed by atoms with Crippen molar-refractivity contribution >= 4 is 35.1 Å². The van der Waals surface area contributed by atoms with Crippen LogP contribution >= 0.6 is 11.6 Å². The third-order valence-corrected chi connectivity index (χ3v) is 3.13. The quantitative estimate of drug-likeness (QED) is 0.774. The summed E-state index contributed by atoms with van der Waals surface area (Å²) in [6.07, 6.45) is 0.159. The highest BCUT2D eigenvalue weighted by Gasteiger charge is 2.27. The summed E-state index contributed by atoms with van der Waals surface area (Å²) in [5, 5.41) is 14.0. The van der Waals surface area contributed by atoms with E-state index < -0.39 is 11.9 Å². The van der Waals surface area contributed by atoms with Crippen LogP contribution in [-0.4, -0.2) is 29.4 Å².